The van der Waals surface area contributed by atoms with E-state index in [2.05, 4.69) is 48.5 Å². The van der Waals surface area contributed by atoms with E-state index in [1.165, 1.54) is 12.8 Å². The smallest absolute Gasteiger partial charge is 0.115 e. The van der Waals surface area contributed by atoms with Crippen LogP contribution in [0.4, 0.5) is 0 Å². The third-order valence-electron chi connectivity index (χ3n) is 5.43. The molecule has 2 aromatic rings. The highest BCUT2D eigenvalue weighted by atomic mass is 16.5. The molecule has 3 atom stereocenters. The van der Waals surface area contributed by atoms with Crippen LogP contribution < -0.4 is 0 Å². The van der Waals surface area contributed by atoms with Gasteiger partial charge >= 0.3 is 0 Å². The predicted octanol–water partition coefficient (Wildman–Crippen LogP) is 4.84. The fourth-order valence-corrected chi connectivity index (χ4v) is 3.84. The van der Waals surface area contributed by atoms with Gasteiger partial charge < -0.3 is 4.74 Å². The Morgan fingerprint density at radius 2 is 1.71 bits per heavy atom. The van der Waals surface area contributed by atoms with E-state index in [4.69, 9.17) is 11.2 Å². The lowest BCUT2D eigenvalue weighted by atomic mass is 9.75. The Morgan fingerprint density at radius 3 is 2.43 bits per heavy atom. The first-order valence-electron chi connectivity index (χ1n) is 10.1. The minimum absolute atomic E-state index is 0.316. The molecule has 0 radical (unpaired) electrons. The molecule has 0 aromatic carbocycles. The first-order valence-corrected chi connectivity index (χ1v) is 10.1. The van der Waals surface area contributed by atoms with Crippen molar-refractivity contribution in [2.75, 3.05) is 0 Å². The van der Waals surface area contributed by atoms with Crippen LogP contribution in [0.25, 0.3) is 0 Å². The van der Waals surface area contributed by atoms with Crippen LogP contribution in [0.1, 0.15) is 62.8 Å². The van der Waals surface area contributed by atoms with Crippen LogP contribution in [0.3, 0.4) is 0 Å². The highest BCUT2D eigenvalue weighted by Gasteiger charge is 2.31. The van der Waals surface area contributed by atoms with Crippen LogP contribution in [0.2, 0.25) is 0 Å². The zero-order chi connectivity index (χ0) is 19.9. The van der Waals surface area contributed by atoms with Crippen LogP contribution in [0.5, 0.6) is 0 Å². The number of ether oxygens (including phenoxy) is 1. The van der Waals surface area contributed by atoms with Gasteiger partial charge in [0.1, 0.15) is 17.1 Å². The molecule has 0 amide bonds. The van der Waals surface area contributed by atoms with Gasteiger partial charge in [0.05, 0.1) is 18.4 Å². The van der Waals surface area contributed by atoms with E-state index in [1.54, 1.807) is 6.07 Å². The normalized spacial score (nSPS) is 21.6. The third-order valence-corrected chi connectivity index (χ3v) is 5.43. The Kier molecular flexibility index (Phi) is 6.85. The van der Waals surface area contributed by atoms with E-state index in [-0.39, 0.29) is 0 Å². The molecule has 3 nitrogen and oxygen atoms in total. The van der Waals surface area contributed by atoms with Gasteiger partial charge in [-0.25, -0.2) is 9.97 Å². The van der Waals surface area contributed by atoms with Gasteiger partial charge in [0.25, 0.3) is 0 Å². The minimum atomic E-state index is 0.316. The van der Waals surface area contributed by atoms with Crippen molar-refractivity contribution in [1.82, 2.24) is 9.97 Å². The Hall–Kier alpha value is -2.62. The quantitative estimate of drug-likeness (QED) is 0.721. The number of hydrogen-bond acceptors (Lipinski definition) is 3. The average Bonchev–Trinajstić information content (AvgIpc) is 2.71. The second-order valence-electron chi connectivity index (χ2n) is 7.99. The van der Waals surface area contributed by atoms with Gasteiger partial charge in [0.15, 0.2) is 0 Å². The SMILES string of the molecule is C#Cc1cccc(C#Cc2cccc(CO[C@@H]3C[C@H](C)CC[C@H]3C(C)C)n2)n1. The van der Waals surface area contributed by atoms with Gasteiger partial charge in [0.2, 0.25) is 0 Å². The fraction of sp³-hybridized carbons (Fsp3) is 0.440. The predicted molar refractivity (Wildman–Crippen MR) is 112 cm³/mol. The van der Waals surface area contributed by atoms with E-state index < -0.39 is 0 Å². The second kappa shape index (κ2) is 9.54. The summed E-state index contributed by atoms with van der Waals surface area (Å²) in [4.78, 5) is 8.93. The zero-order valence-electron chi connectivity index (χ0n) is 17.0. The summed E-state index contributed by atoms with van der Waals surface area (Å²) in [7, 11) is 0. The highest BCUT2D eigenvalue weighted by Crippen LogP contribution is 2.35. The maximum absolute atomic E-state index is 6.32. The summed E-state index contributed by atoms with van der Waals surface area (Å²) >= 11 is 0. The first-order chi connectivity index (χ1) is 13.5. The van der Waals surface area contributed by atoms with Crippen LogP contribution in [0.15, 0.2) is 36.4 Å². The Labute approximate surface area is 169 Å². The molecule has 0 aliphatic heterocycles. The van der Waals surface area contributed by atoms with Crippen molar-refractivity contribution in [3.63, 3.8) is 0 Å². The molecule has 1 saturated carbocycles. The summed E-state index contributed by atoms with van der Waals surface area (Å²) in [5.41, 5.74) is 2.86. The summed E-state index contributed by atoms with van der Waals surface area (Å²) in [6.07, 6.45) is 9.41. The van der Waals surface area contributed by atoms with Crippen molar-refractivity contribution >= 4 is 0 Å². The Morgan fingerprint density at radius 1 is 1.04 bits per heavy atom. The fourth-order valence-electron chi connectivity index (χ4n) is 3.84. The Bertz CT molecular complexity index is 900. The lowest BCUT2D eigenvalue weighted by Crippen LogP contribution is -2.34. The number of nitrogens with zero attached hydrogens (tertiary/aromatic N) is 2. The molecule has 2 heterocycles. The molecular formula is C25H28N2O. The van der Waals surface area contributed by atoms with Crippen molar-refractivity contribution in [1.29, 1.82) is 0 Å². The standard InChI is InChI=1S/C25H28N2O/c1-5-20-8-6-9-21(26-20)13-14-22-10-7-11-23(27-22)17-28-25-16-19(4)12-15-24(25)18(2)3/h1,6-11,18-19,24-25H,12,15-17H2,2-4H3/t19-,24+,25-/m1/s1. The molecule has 1 fully saturated rings. The number of rotatable bonds is 4. The monoisotopic (exact) mass is 372 g/mol. The summed E-state index contributed by atoms with van der Waals surface area (Å²) in [5.74, 6) is 10.7. The van der Waals surface area contributed by atoms with E-state index in [9.17, 15) is 0 Å². The lowest BCUT2D eigenvalue weighted by molar-refractivity contribution is -0.0483. The topological polar surface area (TPSA) is 35.0 Å². The summed E-state index contributed by atoms with van der Waals surface area (Å²) in [6, 6.07) is 11.4. The molecule has 0 bridgehead atoms. The molecular weight excluding hydrogens is 344 g/mol. The van der Waals surface area contributed by atoms with E-state index in [0.717, 1.165) is 18.0 Å². The number of aromatic nitrogens is 2. The van der Waals surface area contributed by atoms with Gasteiger partial charge in [-0.05, 0) is 66.7 Å². The molecule has 3 heteroatoms. The van der Waals surface area contributed by atoms with Gasteiger partial charge in [-0.3, -0.25) is 0 Å². The molecule has 0 saturated heterocycles. The van der Waals surface area contributed by atoms with Crippen molar-refractivity contribution < 1.29 is 4.74 Å². The van der Waals surface area contributed by atoms with Crippen molar-refractivity contribution in [3.8, 4) is 24.2 Å². The molecule has 0 N–H and O–H groups in total. The van der Waals surface area contributed by atoms with Gasteiger partial charge in [-0.2, -0.15) is 0 Å². The molecule has 1 aliphatic carbocycles. The van der Waals surface area contributed by atoms with E-state index >= 15 is 0 Å². The van der Waals surface area contributed by atoms with Crippen LogP contribution in [-0.2, 0) is 11.3 Å². The van der Waals surface area contributed by atoms with Crippen molar-refractivity contribution in [2.45, 2.75) is 52.7 Å². The van der Waals surface area contributed by atoms with E-state index in [0.29, 0.717) is 41.6 Å². The first kappa shape index (κ1) is 20.1. The maximum Gasteiger partial charge on any atom is 0.115 e. The molecule has 3 rings (SSSR count). The molecule has 0 spiro atoms. The molecule has 1 aliphatic rings. The zero-order valence-corrected chi connectivity index (χ0v) is 17.0. The van der Waals surface area contributed by atoms with Gasteiger partial charge in [-0.15, -0.1) is 6.42 Å². The van der Waals surface area contributed by atoms with Gasteiger partial charge in [-0.1, -0.05) is 45.2 Å². The molecule has 28 heavy (non-hydrogen) atoms. The van der Waals surface area contributed by atoms with Gasteiger partial charge in [0, 0.05) is 0 Å². The van der Waals surface area contributed by atoms with Crippen molar-refractivity contribution in [3.05, 3.63) is 59.2 Å². The molecule has 144 valence electrons. The third kappa shape index (κ3) is 5.44. The largest absolute Gasteiger partial charge is 0.372 e. The minimum Gasteiger partial charge on any atom is -0.372 e. The highest BCUT2D eigenvalue weighted by molar-refractivity contribution is 5.38. The molecule has 2 aromatic heterocycles. The molecule has 0 unspecified atom stereocenters. The average molecular weight is 373 g/mol. The van der Waals surface area contributed by atoms with Crippen LogP contribution in [0, 0.1) is 41.9 Å². The summed E-state index contributed by atoms with van der Waals surface area (Å²) in [6.45, 7) is 7.45. The number of hydrogen-bond donors (Lipinski definition) is 0. The summed E-state index contributed by atoms with van der Waals surface area (Å²) in [5, 5.41) is 0. The van der Waals surface area contributed by atoms with Crippen molar-refractivity contribution in [2.24, 2.45) is 17.8 Å². The van der Waals surface area contributed by atoms with E-state index in [1.807, 2.05) is 30.3 Å². The lowest BCUT2D eigenvalue weighted by Gasteiger charge is -2.37. The van der Waals surface area contributed by atoms with Crippen LogP contribution in [-0.4, -0.2) is 16.1 Å². The Balaban J connectivity index is 1.67. The maximum atomic E-state index is 6.32. The number of pyridine rings is 2. The second-order valence-corrected chi connectivity index (χ2v) is 7.99. The van der Waals surface area contributed by atoms with Crippen LogP contribution >= 0.6 is 0 Å². The summed E-state index contributed by atoms with van der Waals surface area (Å²) < 4.78 is 6.32. The number of terminal acetylenes is 1.